The zero-order valence-corrected chi connectivity index (χ0v) is 10.3. The Labute approximate surface area is 102 Å². The fourth-order valence-electron chi connectivity index (χ4n) is 2.05. The van der Waals surface area contributed by atoms with Crippen LogP contribution in [-0.4, -0.2) is 11.7 Å². The Bertz CT molecular complexity index is 505. The number of hydrogen-bond acceptors (Lipinski definition) is 2. The van der Waals surface area contributed by atoms with Crippen LogP contribution in [-0.2, 0) is 4.74 Å². The Hall–Kier alpha value is -1.54. The van der Waals surface area contributed by atoms with Crippen molar-refractivity contribution >= 4 is 10.8 Å². The van der Waals surface area contributed by atoms with Gasteiger partial charge < -0.3 is 9.84 Å². The summed E-state index contributed by atoms with van der Waals surface area (Å²) in [5.41, 5.74) is 1.13. The number of phenols is 1. The molecule has 17 heavy (non-hydrogen) atoms. The molecule has 2 aromatic carbocycles. The summed E-state index contributed by atoms with van der Waals surface area (Å²) in [6, 6.07) is 11.6. The van der Waals surface area contributed by atoms with Crippen LogP contribution >= 0.6 is 0 Å². The number of benzene rings is 2. The summed E-state index contributed by atoms with van der Waals surface area (Å²) in [6.45, 7) is 4.91. The lowest BCUT2D eigenvalue weighted by Gasteiger charge is -2.16. The summed E-state index contributed by atoms with van der Waals surface area (Å²) in [4.78, 5) is 0. The van der Waals surface area contributed by atoms with Crippen LogP contribution in [0.5, 0.6) is 5.75 Å². The Morgan fingerprint density at radius 1 is 1.12 bits per heavy atom. The lowest BCUT2D eigenvalue weighted by Crippen LogP contribution is -2.01. The molecule has 0 radical (unpaired) electrons. The smallest absolute Gasteiger partial charge is 0.123 e. The van der Waals surface area contributed by atoms with Gasteiger partial charge in [0, 0.05) is 12.0 Å². The molecular weight excluding hydrogens is 212 g/mol. The Kier molecular flexibility index (Phi) is 3.64. The largest absolute Gasteiger partial charge is 0.507 e. The van der Waals surface area contributed by atoms with E-state index in [1.54, 1.807) is 6.07 Å². The zero-order valence-electron chi connectivity index (χ0n) is 10.3. The summed E-state index contributed by atoms with van der Waals surface area (Å²) in [5.74, 6) is 0.326. The standard InChI is InChI=1S/C15H18O2/c1-3-10-17-11(2)12-8-9-15(16)14-7-5-4-6-13(12)14/h4-9,11,16H,3,10H2,1-2H3. The van der Waals surface area contributed by atoms with Crippen molar-refractivity contribution in [2.24, 2.45) is 0 Å². The average molecular weight is 230 g/mol. The summed E-state index contributed by atoms with van der Waals surface area (Å²) >= 11 is 0. The number of fused-ring (bicyclic) bond motifs is 1. The van der Waals surface area contributed by atoms with Crippen LogP contribution in [0, 0.1) is 0 Å². The lowest BCUT2D eigenvalue weighted by atomic mass is 10.0. The Morgan fingerprint density at radius 2 is 1.82 bits per heavy atom. The third kappa shape index (κ3) is 2.42. The monoisotopic (exact) mass is 230 g/mol. The SMILES string of the molecule is CCCOC(C)c1ccc(O)c2ccccc12. The van der Waals surface area contributed by atoms with Crippen molar-refractivity contribution in [1.82, 2.24) is 0 Å². The van der Waals surface area contributed by atoms with E-state index in [-0.39, 0.29) is 6.10 Å². The molecule has 0 aromatic heterocycles. The minimum absolute atomic E-state index is 0.0560. The maximum Gasteiger partial charge on any atom is 0.123 e. The highest BCUT2D eigenvalue weighted by Crippen LogP contribution is 2.31. The number of phenolic OH excluding ortho intramolecular Hbond substituents is 1. The summed E-state index contributed by atoms with van der Waals surface area (Å²) < 4.78 is 5.74. The number of aromatic hydroxyl groups is 1. The molecule has 0 fully saturated rings. The molecule has 0 heterocycles. The second-order valence-corrected chi connectivity index (χ2v) is 4.23. The van der Waals surface area contributed by atoms with Gasteiger partial charge in [-0.3, -0.25) is 0 Å². The van der Waals surface area contributed by atoms with Crippen LogP contribution < -0.4 is 0 Å². The molecule has 0 aliphatic carbocycles. The predicted molar refractivity (Wildman–Crippen MR) is 70.3 cm³/mol. The maximum atomic E-state index is 9.81. The second kappa shape index (κ2) is 5.19. The zero-order chi connectivity index (χ0) is 12.3. The van der Waals surface area contributed by atoms with Gasteiger partial charge in [0.05, 0.1) is 6.10 Å². The van der Waals surface area contributed by atoms with Crippen molar-refractivity contribution in [1.29, 1.82) is 0 Å². The summed E-state index contributed by atoms with van der Waals surface area (Å²) in [5, 5.41) is 11.8. The van der Waals surface area contributed by atoms with Crippen LogP contribution in [0.2, 0.25) is 0 Å². The maximum absolute atomic E-state index is 9.81. The van der Waals surface area contributed by atoms with Gasteiger partial charge in [0.1, 0.15) is 5.75 Å². The molecule has 2 heteroatoms. The van der Waals surface area contributed by atoms with Gasteiger partial charge >= 0.3 is 0 Å². The summed E-state index contributed by atoms with van der Waals surface area (Å²) in [7, 11) is 0. The van der Waals surface area contributed by atoms with Crippen molar-refractivity contribution in [2.45, 2.75) is 26.4 Å². The lowest BCUT2D eigenvalue weighted by molar-refractivity contribution is 0.0672. The van der Waals surface area contributed by atoms with Gasteiger partial charge in [-0.25, -0.2) is 0 Å². The third-order valence-electron chi connectivity index (χ3n) is 2.94. The van der Waals surface area contributed by atoms with E-state index in [0.29, 0.717) is 5.75 Å². The molecule has 1 N–H and O–H groups in total. The highest BCUT2D eigenvalue weighted by Gasteiger charge is 2.11. The van der Waals surface area contributed by atoms with Crippen LogP contribution in [0.1, 0.15) is 31.9 Å². The molecule has 2 aromatic rings. The van der Waals surface area contributed by atoms with Crippen molar-refractivity contribution in [2.75, 3.05) is 6.61 Å². The first-order chi connectivity index (χ1) is 8.24. The highest BCUT2D eigenvalue weighted by molar-refractivity contribution is 5.91. The molecular formula is C15H18O2. The first-order valence-corrected chi connectivity index (χ1v) is 6.06. The number of hydrogen-bond donors (Lipinski definition) is 1. The molecule has 0 saturated carbocycles. The summed E-state index contributed by atoms with van der Waals surface area (Å²) in [6.07, 6.45) is 1.07. The van der Waals surface area contributed by atoms with E-state index in [2.05, 4.69) is 13.8 Å². The molecule has 2 nitrogen and oxygen atoms in total. The van der Waals surface area contributed by atoms with Crippen molar-refractivity contribution < 1.29 is 9.84 Å². The van der Waals surface area contributed by atoms with E-state index in [1.807, 2.05) is 30.3 Å². The van der Waals surface area contributed by atoms with Gasteiger partial charge in [-0.05, 0) is 30.4 Å². The minimum atomic E-state index is 0.0560. The van der Waals surface area contributed by atoms with Crippen molar-refractivity contribution in [3.63, 3.8) is 0 Å². The topological polar surface area (TPSA) is 29.5 Å². The van der Waals surface area contributed by atoms with Gasteiger partial charge in [-0.2, -0.15) is 0 Å². The van der Waals surface area contributed by atoms with Crippen molar-refractivity contribution in [3.05, 3.63) is 42.0 Å². The number of ether oxygens (including phenoxy) is 1. The van der Waals surface area contributed by atoms with Crippen LogP contribution in [0.25, 0.3) is 10.8 Å². The quantitative estimate of drug-likeness (QED) is 0.859. The van der Waals surface area contributed by atoms with E-state index in [1.165, 1.54) is 0 Å². The van der Waals surface area contributed by atoms with E-state index in [0.717, 1.165) is 29.4 Å². The predicted octanol–water partition coefficient (Wildman–Crippen LogP) is 4.03. The second-order valence-electron chi connectivity index (χ2n) is 4.23. The molecule has 0 amide bonds. The molecule has 2 rings (SSSR count). The average Bonchev–Trinajstić information content (AvgIpc) is 2.37. The molecule has 0 saturated heterocycles. The van der Waals surface area contributed by atoms with Crippen LogP contribution in [0.15, 0.2) is 36.4 Å². The van der Waals surface area contributed by atoms with E-state index in [9.17, 15) is 5.11 Å². The van der Waals surface area contributed by atoms with Gasteiger partial charge in [0.25, 0.3) is 0 Å². The van der Waals surface area contributed by atoms with E-state index < -0.39 is 0 Å². The first kappa shape index (κ1) is 11.9. The molecule has 1 unspecified atom stereocenters. The van der Waals surface area contributed by atoms with Crippen LogP contribution in [0.3, 0.4) is 0 Å². The fraction of sp³-hybridized carbons (Fsp3) is 0.333. The van der Waals surface area contributed by atoms with Crippen LogP contribution in [0.4, 0.5) is 0 Å². The van der Waals surface area contributed by atoms with E-state index in [4.69, 9.17) is 4.74 Å². The molecule has 0 aliphatic rings. The minimum Gasteiger partial charge on any atom is -0.507 e. The van der Waals surface area contributed by atoms with Gasteiger partial charge in [-0.1, -0.05) is 37.3 Å². The number of rotatable bonds is 4. The molecule has 0 aliphatic heterocycles. The van der Waals surface area contributed by atoms with Gasteiger partial charge in [0.15, 0.2) is 0 Å². The van der Waals surface area contributed by atoms with Gasteiger partial charge in [-0.15, -0.1) is 0 Å². The molecule has 0 bridgehead atoms. The van der Waals surface area contributed by atoms with Gasteiger partial charge in [0.2, 0.25) is 0 Å². The van der Waals surface area contributed by atoms with E-state index >= 15 is 0 Å². The molecule has 1 atom stereocenters. The molecule has 0 spiro atoms. The Balaban J connectivity index is 2.44. The van der Waals surface area contributed by atoms with Crippen molar-refractivity contribution in [3.8, 4) is 5.75 Å². The highest BCUT2D eigenvalue weighted by atomic mass is 16.5. The first-order valence-electron chi connectivity index (χ1n) is 6.06. The normalized spacial score (nSPS) is 12.8. The molecule has 90 valence electrons. The Morgan fingerprint density at radius 3 is 2.53 bits per heavy atom. The third-order valence-corrected chi connectivity index (χ3v) is 2.94. The fourth-order valence-corrected chi connectivity index (χ4v) is 2.05.